The van der Waals surface area contributed by atoms with Gasteiger partial charge < -0.3 is 10.2 Å². The summed E-state index contributed by atoms with van der Waals surface area (Å²) in [5, 5.41) is 2.93. The number of rotatable bonds is 4. The second-order valence-corrected chi connectivity index (χ2v) is 6.48. The second-order valence-electron chi connectivity index (χ2n) is 6.48. The molecule has 0 saturated carbocycles. The maximum atomic E-state index is 12.7. The van der Waals surface area contributed by atoms with E-state index in [2.05, 4.69) is 30.2 Å². The van der Waals surface area contributed by atoms with Crippen LogP contribution in [0.2, 0.25) is 0 Å². The van der Waals surface area contributed by atoms with Crippen LogP contribution in [-0.4, -0.2) is 38.9 Å². The molecule has 2 aromatic heterocycles. The van der Waals surface area contributed by atoms with Crippen LogP contribution >= 0.6 is 0 Å². The van der Waals surface area contributed by atoms with Crippen LogP contribution in [0.3, 0.4) is 0 Å². The highest BCUT2D eigenvalue weighted by Crippen LogP contribution is 2.22. The molecule has 0 bridgehead atoms. The maximum Gasteiger partial charge on any atom is 0.229 e. The van der Waals surface area contributed by atoms with Gasteiger partial charge in [0.2, 0.25) is 11.9 Å². The fourth-order valence-electron chi connectivity index (χ4n) is 3.20. The summed E-state index contributed by atoms with van der Waals surface area (Å²) < 4.78 is 0. The van der Waals surface area contributed by atoms with Gasteiger partial charge in [0.1, 0.15) is 0 Å². The van der Waals surface area contributed by atoms with E-state index in [0.29, 0.717) is 24.0 Å². The molecule has 0 spiro atoms. The number of nitrogens with one attached hydrogen (secondary N) is 1. The highest BCUT2D eigenvalue weighted by Gasteiger charge is 2.27. The Morgan fingerprint density at radius 2 is 1.74 bits per heavy atom. The van der Waals surface area contributed by atoms with Gasteiger partial charge in [-0.2, -0.15) is 0 Å². The first-order chi connectivity index (χ1) is 13.3. The first-order valence-corrected chi connectivity index (χ1v) is 9.00. The van der Waals surface area contributed by atoms with Crippen LogP contribution in [0.5, 0.6) is 0 Å². The molecular formula is C20H20N6O. The largest absolute Gasteiger partial charge is 0.340 e. The first-order valence-electron chi connectivity index (χ1n) is 9.00. The number of amides is 1. The maximum absolute atomic E-state index is 12.7. The van der Waals surface area contributed by atoms with Gasteiger partial charge in [-0.05, 0) is 18.9 Å². The molecule has 27 heavy (non-hydrogen) atoms. The minimum atomic E-state index is -0.114. The van der Waals surface area contributed by atoms with Crippen molar-refractivity contribution < 1.29 is 4.79 Å². The summed E-state index contributed by atoms with van der Waals surface area (Å²) in [6.07, 6.45) is 8.51. The number of carbonyl (C=O) groups excluding carboxylic acids is 1. The summed E-state index contributed by atoms with van der Waals surface area (Å²) in [6, 6.07) is 11.5. The fraction of sp³-hybridized carbons (Fsp3) is 0.250. The molecule has 1 amide bonds. The van der Waals surface area contributed by atoms with Crippen LogP contribution in [0.4, 0.5) is 11.6 Å². The van der Waals surface area contributed by atoms with Crippen molar-refractivity contribution in [1.82, 2.24) is 19.9 Å². The molecule has 1 saturated heterocycles. The van der Waals surface area contributed by atoms with Crippen molar-refractivity contribution in [2.45, 2.75) is 12.8 Å². The molecule has 3 heterocycles. The average Bonchev–Trinajstić information content (AvgIpc) is 2.75. The molecule has 1 aliphatic heterocycles. The number of hydrogen-bond donors (Lipinski definition) is 1. The highest BCUT2D eigenvalue weighted by molar-refractivity contribution is 5.92. The zero-order valence-electron chi connectivity index (χ0n) is 14.8. The first kappa shape index (κ1) is 17.1. The van der Waals surface area contributed by atoms with E-state index < -0.39 is 0 Å². The van der Waals surface area contributed by atoms with Crippen molar-refractivity contribution in [3.63, 3.8) is 0 Å². The third-order valence-electron chi connectivity index (χ3n) is 4.58. The Kier molecular flexibility index (Phi) is 5.00. The standard InChI is InChI=1S/C20H20N6O/c27-19(16-8-4-11-26(14-16)20-21-9-5-10-22-20)25-17-12-23-18(24-13-17)15-6-2-1-3-7-15/h1-3,5-7,9-10,12-13,16H,4,8,11,14H2,(H,25,27). The normalized spacial score (nSPS) is 16.7. The van der Waals surface area contributed by atoms with Crippen molar-refractivity contribution in [2.24, 2.45) is 5.92 Å². The Morgan fingerprint density at radius 1 is 1.00 bits per heavy atom. The lowest BCUT2D eigenvalue weighted by Crippen LogP contribution is -2.41. The Labute approximate surface area is 157 Å². The molecule has 1 N–H and O–H groups in total. The number of carbonyl (C=O) groups is 1. The van der Waals surface area contributed by atoms with E-state index in [1.54, 1.807) is 30.9 Å². The van der Waals surface area contributed by atoms with E-state index in [4.69, 9.17) is 0 Å². The third kappa shape index (κ3) is 4.08. The SMILES string of the molecule is O=C(Nc1cnc(-c2ccccc2)nc1)C1CCCN(c2ncccn2)C1. The lowest BCUT2D eigenvalue weighted by atomic mass is 9.97. The van der Waals surface area contributed by atoms with Crippen molar-refractivity contribution in [2.75, 3.05) is 23.3 Å². The van der Waals surface area contributed by atoms with E-state index in [1.165, 1.54) is 0 Å². The van der Waals surface area contributed by atoms with Gasteiger partial charge in [-0.1, -0.05) is 30.3 Å². The molecule has 4 rings (SSSR count). The summed E-state index contributed by atoms with van der Waals surface area (Å²) >= 11 is 0. The molecule has 1 fully saturated rings. The molecule has 7 nitrogen and oxygen atoms in total. The topological polar surface area (TPSA) is 83.9 Å². The number of piperidine rings is 1. The predicted octanol–water partition coefficient (Wildman–Crippen LogP) is 2.79. The minimum absolute atomic E-state index is 0.0216. The lowest BCUT2D eigenvalue weighted by molar-refractivity contribution is -0.120. The molecule has 7 heteroatoms. The van der Waals surface area contributed by atoms with Crippen molar-refractivity contribution >= 4 is 17.5 Å². The zero-order valence-corrected chi connectivity index (χ0v) is 14.8. The summed E-state index contributed by atoms with van der Waals surface area (Å²) in [7, 11) is 0. The predicted molar refractivity (Wildman–Crippen MR) is 103 cm³/mol. The average molecular weight is 360 g/mol. The molecule has 1 aliphatic rings. The Hall–Kier alpha value is -3.35. The zero-order chi connectivity index (χ0) is 18.5. The molecule has 1 unspecified atom stereocenters. The summed E-state index contributed by atoms with van der Waals surface area (Å²) in [5.74, 6) is 1.17. The van der Waals surface area contributed by atoms with Crippen LogP contribution in [0.15, 0.2) is 61.2 Å². The number of anilines is 2. The van der Waals surface area contributed by atoms with Crippen LogP contribution in [0.25, 0.3) is 11.4 Å². The van der Waals surface area contributed by atoms with Gasteiger partial charge in [0.25, 0.3) is 0 Å². The van der Waals surface area contributed by atoms with Crippen molar-refractivity contribution in [3.8, 4) is 11.4 Å². The molecule has 136 valence electrons. The van der Waals surface area contributed by atoms with Crippen molar-refractivity contribution in [1.29, 1.82) is 0 Å². The number of hydrogen-bond acceptors (Lipinski definition) is 6. The van der Waals surface area contributed by atoms with Gasteiger partial charge >= 0.3 is 0 Å². The van der Waals surface area contributed by atoms with E-state index in [0.717, 1.165) is 24.9 Å². The fourth-order valence-corrected chi connectivity index (χ4v) is 3.20. The number of benzene rings is 1. The number of nitrogens with zero attached hydrogens (tertiary/aromatic N) is 5. The monoisotopic (exact) mass is 360 g/mol. The highest BCUT2D eigenvalue weighted by atomic mass is 16.1. The Bertz CT molecular complexity index is 885. The smallest absolute Gasteiger partial charge is 0.229 e. The van der Waals surface area contributed by atoms with E-state index in [9.17, 15) is 4.79 Å². The summed E-state index contributed by atoms with van der Waals surface area (Å²) in [6.45, 7) is 1.47. The van der Waals surface area contributed by atoms with E-state index >= 15 is 0 Å². The molecule has 0 aliphatic carbocycles. The van der Waals surface area contributed by atoms with Gasteiger partial charge in [-0.15, -0.1) is 0 Å². The quantitative estimate of drug-likeness (QED) is 0.770. The van der Waals surface area contributed by atoms with Crippen LogP contribution in [0.1, 0.15) is 12.8 Å². The molecule has 0 radical (unpaired) electrons. The van der Waals surface area contributed by atoms with Gasteiger partial charge in [0.05, 0.1) is 24.0 Å². The number of aromatic nitrogens is 4. The summed E-state index contributed by atoms with van der Waals surface area (Å²) in [4.78, 5) is 32.0. The summed E-state index contributed by atoms with van der Waals surface area (Å²) in [5.41, 5.74) is 1.55. The van der Waals surface area contributed by atoms with Gasteiger partial charge in [0.15, 0.2) is 5.82 Å². The van der Waals surface area contributed by atoms with Crippen molar-refractivity contribution in [3.05, 3.63) is 61.2 Å². The Balaban J connectivity index is 1.40. The lowest BCUT2D eigenvalue weighted by Gasteiger charge is -2.31. The molecule has 1 aromatic carbocycles. The van der Waals surface area contributed by atoms with Gasteiger partial charge in [-0.25, -0.2) is 19.9 Å². The second kappa shape index (κ2) is 7.90. The third-order valence-corrected chi connectivity index (χ3v) is 4.58. The minimum Gasteiger partial charge on any atom is -0.340 e. The van der Waals surface area contributed by atoms with Gasteiger partial charge in [0, 0.05) is 31.0 Å². The van der Waals surface area contributed by atoms with E-state index in [-0.39, 0.29) is 11.8 Å². The van der Waals surface area contributed by atoms with Gasteiger partial charge in [-0.3, -0.25) is 4.79 Å². The Morgan fingerprint density at radius 3 is 2.48 bits per heavy atom. The molecule has 1 atom stereocenters. The van der Waals surface area contributed by atoms with Crippen LogP contribution < -0.4 is 10.2 Å². The molecular weight excluding hydrogens is 340 g/mol. The van der Waals surface area contributed by atoms with E-state index in [1.807, 2.05) is 30.3 Å². The molecule has 3 aromatic rings. The van der Waals surface area contributed by atoms with Crippen LogP contribution in [-0.2, 0) is 4.79 Å². The van der Waals surface area contributed by atoms with Crippen LogP contribution in [0, 0.1) is 5.92 Å².